The molecule has 1 N–H and O–H groups in total. The topological polar surface area (TPSA) is 116 Å². The summed E-state index contributed by atoms with van der Waals surface area (Å²) in [5.74, 6) is -2.73. The normalized spacial score (nSPS) is 29.4. The first-order valence-corrected chi connectivity index (χ1v) is 14.0. The van der Waals surface area contributed by atoms with Crippen LogP contribution >= 0.6 is 56.9 Å². The summed E-state index contributed by atoms with van der Waals surface area (Å²) in [7, 11) is -5.93. The predicted octanol–water partition coefficient (Wildman–Crippen LogP) is 3.79. The number of thioether (sulfide) groups is 1. The molecule has 0 radical (unpaired) electrons. The second-order valence-corrected chi connectivity index (χ2v) is 13.1. The molecule has 3 aliphatic heterocycles. The molecule has 2 bridgehead atoms. The Morgan fingerprint density at radius 3 is 2.67 bits per heavy atom. The number of halogens is 5. The van der Waals surface area contributed by atoms with Crippen LogP contribution in [0.2, 0.25) is 0 Å². The first kappa shape index (κ1) is 25.6. The van der Waals surface area contributed by atoms with Crippen molar-refractivity contribution in [2.45, 2.75) is 47.0 Å². The molecule has 3 heterocycles. The standard InChI is InChI=1S/C18H15F3I2O8S2/c19-12(18(20,21)33(26,27)28)1-2-29-15(24)8-5-13-17(6-11(8)32-13)30-14-9(16(25)31-17)3-7(22)4-10(14)23/h3-4,8,11-13H,1-2,5-6H2,(H,26,27,28). The molecule has 3 aliphatic rings. The molecular weight excluding hydrogens is 719 g/mol. The van der Waals surface area contributed by atoms with Crippen LogP contribution in [0.5, 0.6) is 5.75 Å². The third-order valence-corrected chi connectivity index (χ3v) is 9.72. The molecule has 4 rings (SSSR count). The fourth-order valence-electron chi connectivity index (χ4n) is 4.01. The van der Waals surface area contributed by atoms with Gasteiger partial charge in [0.2, 0.25) is 0 Å². The number of ether oxygens (including phenoxy) is 3. The Morgan fingerprint density at radius 1 is 1.36 bits per heavy atom. The van der Waals surface area contributed by atoms with E-state index < -0.39 is 58.2 Å². The van der Waals surface area contributed by atoms with Crippen molar-refractivity contribution in [3.05, 3.63) is 24.8 Å². The first-order valence-electron chi connectivity index (χ1n) is 9.47. The summed E-state index contributed by atoms with van der Waals surface area (Å²) < 4.78 is 87.9. The van der Waals surface area contributed by atoms with Gasteiger partial charge in [-0.05, 0) is 63.7 Å². The lowest BCUT2D eigenvalue weighted by atomic mass is 9.84. The zero-order chi connectivity index (χ0) is 24.3. The number of benzene rings is 1. The van der Waals surface area contributed by atoms with E-state index in [4.69, 9.17) is 18.8 Å². The summed E-state index contributed by atoms with van der Waals surface area (Å²) in [5, 5.41) is -5.70. The minimum absolute atomic E-state index is 0.210. The van der Waals surface area contributed by atoms with Crippen LogP contribution in [0.1, 0.15) is 29.6 Å². The van der Waals surface area contributed by atoms with Gasteiger partial charge in [-0.25, -0.2) is 9.18 Å². The van der Waals surface area contributed by atoms with Crippen LogP contribution in [-0.4, -0.2) is 59.2 Å². The van der Waals surface area contributed by atoms with Gasteiger partial charge in [0.05, 0.1) is 21.3 Å². The van der Waals surface area contributed by atoms with Gasteiger partial charge in [0.15, 0.2) is 11.9 Å². The Hall–Kier alpha value is -0.530. The van der Waals surface area contributed by atoms with E-state index in [9.17, 15) is 31.2 Å². The second-order valence-electron chi connectivity index (χ2n) is 7.74. The fourth-order valence-corrected chi connectivity index (χ4v) is 8.29. The lowest BCUT2D eigenvalue weighted by Gasteiger charge is -2.41. The van der Waals surface area contributed by atoms with Crippen molar-refractivity contribution in [3.63, 3.8) is 0 Å². The molecule has 1 aromatic rings. The van der Waals surface area contributed by atoms with Gasteiger partial charge in [-0.1, -0.05) is 0 Å². The van der Waals surface area contributed by atoms with Crippen molar-refractivity contribution in [3.8, 4) is 5.75 Å². The van der Waals surface area contributed by atoms with Crippen molar-refractivity contribution in [1.82, 2.24) is 0 Å². The summed E-state index contributed by atoms with van der Waals surface area (Å²) in [5.41, 5.74) is 0.322. The summed E-state index contributed by atoms with van der Waals surface area (Å²) in [4.78, 5) is 25.1. The molecule has 0 aliphatic carbocycles. The third kappa shape index (κ3) is 4.55. The summed E-state index contributed by atoms with van der Waals surface area (Å²) >= 11 is 5.54. The average molecular weight is 734 g/mol. The van der Waals surface area contributed by atoms with Crippen molar-refractivity contribution < 1.29 is 49.9 Å². The van der Waals surface area contributed by atoms with E-state index in [0.29, 0.717) is 11.3 Å². The Morgan fingerprint density at radius 2 is 2.06 bits per heavy atom. The summed E-state index contributed by atoms with van der Waals surface area (Å²) in [6.45, 7) is -0.787. The molecule has 8 nitrogen and oxygen atoms in total. The van der Waals surface area contributed by atoms with Crippen LogP contribution in [0, 0.1) is 13.1 Å². The fraction of sp³-hybridized carbons (Fsp3) is 0.556. The number of hydrogen-bond acceptors (Lipinski definition) is 8. The molecule has 182 valence electrons. The molecule has 0 saturated carbocycles. The minimum Gasteiger partial charge on any atom is -0.465 e. The zero-order valence-corrected chi connectivity index (χ0v) is 22.3. The number of fused-ring (bicyclic) bond motifs is 4. The van der Waals surface area contributed by atoms with Gasteiger partial charge in [-0.2, -0.15) is 17.2 Å². The summed E-state index contributed by atoms with van der Waals surface area (Å²) in [6, 6.07) is 3.52. The highest BCUT2D eigenvalue weighted by molar-refractivity contribution is 14.1. The second kappa shape index (κ2) is 8.85. The van der Waals surface area contributed by atoms with Crippen molar-refractivity contribution >= 4 is 79.0 Å². The maximum absolute atomic E-state index is 13.6. The van der Waals surface area contributed by atoms with E-state index in [2.05, 4.69) is 45.2 Å². The number of esters is 2. The number of hydrogen-bond donors (Lipinski definition) is 1. The number of carbonyl (C=O) groups is 2. The summed E-state index contributed by atoms with van der Waals surface area (Å²) in [6.07, 6.45) is -3.90. The lowest BCUT2D eigenvalue weighted by molar-refractivity contribution is -0.172. The van der Waals surface area contributed by atoms with Gasteiger partial charge >= 0.3 is 27.3 Å². The molecule has 33 heavy (non-hydrogen) atoms. The van der Waals surface area contributed by atoms with E-state index >= 15 is 0 Å². The smallest absolute Gasteiger partial charge is 0.400 e. The van der Waals surface area contributed by atoms with Crippen LogP contribution < -0.4 is 4.74 Å². The molecule has 5 atom stereocenters. The molecular formula is C18H15F3I2O8S2. The molecule has 1 spiro atoms. The van der Waals surface area contributed by atoms with Gasteiger partial charge in [0.25, 0.3) is 5.79 Å². The Balaban J connectivity index is 1.37. The molecule has 2 fully saturated rings. The third-order valence-electron chi connectivity index (χ3n) is 5.63. The Labute approximate surface area is 217 Å². The molecule has 2 saturated heterocycles. The Bertz CT molecular complexity index is 1120. The molecule has 5 unspecified atom stereocenters. The predicted molar refractivity (Wildman–Crippen MR) is 126 cm³/mol. The van der Waals surface area contributed by atoms with Crippen LogP contribution in [0.25, 0.3) is 0 Å². The average Bonchev–Trinajstić information content (AvgIpc) is 3.26. The lowest BCUT2D eigenvalue weighted by Crippen LogP contribution is -2.53. The van der Waals surface area contributed by atoms with Crippen molar-refractivity contribution in [2.75, 3.05) is 6.61 Å². The van der Waals surface area contributed by atoms with Crippen LogP contribution in [0.3, 0.4) is 0 Å². The molecule has 15 heteroatoms. The largest absolute Gasteiger partial charge is 0.465 e. The highest BCUT2D eigenvalue weighted by atomic mass is 127. The van der Waals surface area contributed by atoms with Crippen LogP contribution in [0.4, 0.5) is 13.2 Å². The van der Waals surface area contributed by atoms with E-state index in [0.717, 1.165) is 7.14 Å². The molecule has 0 amide bonds. The van der Waals surface area contributed by atoms with E-state index in [1.165, 1.54) is 11.8 Å². The number of carbonyl (C=O) groups excluding carboxylic acids is 2. The van der Waals surface area contributed by atoms with E-state index in [-0.39, 0.29) is 23.3 Å². The highest BCUT2D eigenvalue weighted by Gasteiger charge is 2.64. The highest BCUT2D eigenvalue weighted by Crippen LogP contribution is 2.58. The van der Waals surface area contributed by atoms with Gasteiger partial charge < -0.3 is 14.2 Å². The Kier molecular flexibility index (Phi) is 6.85. The molecule has 1 aromatic carbocycles. The zero-order valence-electron chi connectivity index (χ0n) is 16.3. The minimum atomic E-state index is -5.93. The van der Waals surface area contributed by atoms with Crippen molar-refractivity contribution in [1.29, 1.82) is 0 Å². The van der Waals surface area contributed by atoms with E-state index in [1.54, 1.807) is 6.07 Å². The quantitative estimate of drug-likeness (QED) is 0.265. The van der Waals surface area contributed by atoms with Gasteiger partial charge in [-0.15, -0.1) is 11.8 Å². The number of rotatable bonds is 6. The number of alkyl halides is 3. The first-order chi connectivity index (χ1) is 15.2. The van der Waals surface area contributed by atoms with Gasteiger partial charge in [-0.3, -0.25) is 9.35 Å². The monoisotopic (exact) mass is 734 g/mol. The van der Waals surface area contributed by atoms with E-state index in [1.807, 2.05) is 6.07 Å². The maximum Gasteiger partial charge on any atom is 0.400 e. The molecule has 0 aromatic heterocycles. The van der Waals surface area contributed by atoms with Crippen LogP contribution in [0.15, 0.2) is 12.1 Å². The maximum atomic E-state index is 13.6. The van der Waals surface area contributed by atoms with Crippen LogP contribution in [-0.2, 0) is 24.4 Å². The van der Waals surface area contributed by atoms with Crippen molar-refractivity contribution in [2.24, 2.45) is 5.92 Å². The van der Waals surface area contributed by atoms with Gasteiger partial charge in [0.1, 0.15) is 5.56 Å². The van der Waals surface area contributed by atoms with Gasteiger partial charge in [0, 0.05) is 21.7 Å². The SMILES string of the molecule is O=C1OC2(CC3SC2CC3C(=O)OCCC(F)C(F)(F)S(=O)(=O)O)Oc2c(I)cc(I)cc21.